The second kappa shape index (κ2) is 3.41. The van der Waals surface area contributed by atoms with Crippen molar-refractivity contribution in [3.63, 3.8) is 0 Å². The van der Waals surface area contributed by atoms with Gasteiger partial charge < -0.3 is 5.32 Å². The number of carbonyl (C=O) groups excluding carboxylic acids is 1. The highest BCUT2D eigenvalue weighted by atomic mass is 19.1. The van der Waals surface area contributed by atoms with Gasteiger partial charge in [0.25, 0.3) is 0 Å². The van der Waals surface area contributed by atoms with E-state index in [1.54, 1.807) is 6.92 Å². The minimum absolute atomic E-state index is 0.185. The van der Waals surface area contributed by atoms with E-state index in [9.17, 15) is 9.18 Å². The highest BCUT2D eigenvalue weighted by Gasteiger charge is 1.99. The second-order valence-corrected chi connectivity index (χ2v) is 1.76. The maximum atomic E-state index is 11.5. The average molecular weight is 119 g/mol. The summed E-state index contributed by atoms with van der Waals surface area (Å²) < 4.78 is 11.5. The van der Waals surface area contributed by atoms with E-state index in [2.05, 4.69) is 5.32 Å². The molecule has 0 radical (unpaired) electrons. The van der Waals surface area contributed by atoms with Crippen LogP contribution in [-0.2, 0) is 4.79 Å². The molecular formula is C5H10FNO. The molecule has 0 aliphatic heterocycles. The molecule has 1 amide bonds. The normalized spacial score (nSPS) is 12.9. The highest BCUT2D eigenvalue weighted by Crippen LogP contribution is 1.79. The molecule has 0 aliphatic rings. The van der Waals surface area contributed by atoms with Crippen molar-refractivity contribution in [1.29, 1.82) is 0 Å². The van der Waals surface area contributed by atoms with Gasteiger partial charge in [0.15, 0.2) is 0 Å². The molecule has 0 aliphatic carbocycles. The molecule has 0 saturated carbocycles. The van der Waals surface area contributed by atoms with E-state index in [-0.39, 0.29) is 11.9 Å². The van der Waals surface area contributed by atoms with Crippen molar-refractivity contribution in [2.75, 3.05) is 6.67 Å². The Balaban J connectivity index is 3.24. The lowest BCUT2D eigenvalue weighted by molar-refractivity contribution is -0.119. The van der Waals surface area contributed by atoms with Crippen molar-refractivity contribution in [3.05, 3.63) is 0 Å². The third-order valence-corrected chi connectivity index (χ3v) is 0.681. The molecule has 1 N–H and O–H groups in total. The van der Waals surface area contributed by atoms with Gasteiger partial charge in [-0.25, -0.2) is 4.39 Å². The summed E-state index contributed by atoms with van der Waals surface area (Å²) in [5.74, 6) is -0.185. The second-order valence-electron chi connectivity index (χ2n) is 1.76. The van der Waals surface area contributed by atoms with E-state index in [1.807, 2.05) is 0 Å². The van der Waals surface area contributed by atoms with Crippen LogP contribution >= 0.6 is 0 Å². The van der Waals surface area contributed by atoms with Gasteiger partial charge in [0.1, 0.15) is 6.67 Å². The monoisotopic (exact) mass is 119 g/mol. The number of carbonyl (C=O) groups is 1. The molecule has 3 heteroatoms. The molecular weight excluding hydrogens is 109 g/mol. The van der Waals surface area contributed by atoms with Gasteiger partial charge in [0.2, 0.25) is 5.91 Å². The summed E-state index contributed by atoms with van der Waals surface area (Å²) in [7, 11) is 0. The van der Waals surface area contributed by atoms with Crippen molar-refractivity contribution in [2.45, 2.75) is 19.9 Å². The first kappa shape index (κ1) is 7.40. The fourth-order valence-corrected chi connectivity index (χ4v) is 0.386. The number of alkyl halides is 1. The molecule has 0 aromatic rings. The summed E-state index contributed by atoms with van der Waals surface area (Å²) in [5.41, 5.74) is 0. The Labute approximate surface area is 48.1 Å². The summed E-state index contributed by atoms with van der Waals surface area (Å²) >= 11 is 0. The molecule has 0 fully saturated rings. The molecule has 0 spiro atoms. The molecule has 0 saturated heterocycles. The number of hydrogen-bond acceptors (Lipinski definition) is 1. The van der Waals surface area contributed by atoms with Crippen LogP contribution in [0.25, 0.3) is 0 Å². The minimum atomic E-state index is -0.500. The van der Waals surface area contributed by atoms with Gasteiger partial charge >= 0.3 is 0 Å². The predicted octanol–water partition coefficient (Wildman–Crippen LogP) is 0.481. The van der Waals surface area contributed by atoms with Gasteiger partial charge in [0.05, 0.1) is 6.04 Å². The van der Waals surface area contributed by atoms with Crippen molar-refractivity contribution in [2.24, 2.45) is 0 Å². The summed E-state index contributed by atoms with van der Waals surface area (Å²) in [6, 6.07) is -0.340. The van der Waals surface area contributed by atoms with Gasteiger partial charge in [-0.3, -0.25) is 4.79 Å². The largest absolute Gasteiger partial charge is 0.351 e. The van der Waals surface area contributed by atoms with Crippen LogP contribution in [0.5, 0.6) is 0 Å². The fourth-order valence-electron chi connectivity index (χ4n) is 0.386. The number of nitrogens with one attached hydrogen (secondary N) is 1. The first-order valence-electron chi connectivity index (χ1n) is 2.50. The van der Waals surface area contributed by atoms with Gasteiger partial charge in [0, 0.05) is 6.92 Å². The van der Waals surface area contributed by atoms with Crippen molar-refractivity contribution >= 4 is 5.91 Å². The number of amides is 1. The van der Waals surface area contributed by atoms with Crippen LogP contribution in [0.15, 0.2) is 0 Å². The highest BCUT2D eigenvalue weighted by molar-refractivity contribution is 5.73. The van der Waals surface area contributed by atoms with E-state index >= 15 is 0 Å². The van der Waals surface area contributed by atoms with Crippen molar-refractivity contribution in [1.82, 2.24) is 5.32 Å². The smallest absolute Gasteiger partial charge is 0.217 e. The Hall–Kier alpha value is -0.600. The Morgan fingerprint density at radius 2 is 2.38 bits per heavy atom. The molecule has 0 heterocycles. The topological polar surface area (TPSA) is 29.1 Å². The Morgan fingerprint density at radius 3 is 2.50 bits per heavy atom. The molecule has 2 nitrogen and oxygen atoms in total. The van der Waals surface area contributed by atoms with E-state index in [4.69, 9.17) is 0 Å². The van der Waals surface area contributed by atoms with Gasteiger partial charge in [-0.15, -0.1) is 0 Å². The minimum Gasteiger partial charge on any atom is -0.351 e. The van der Waals surface area contributed by atoms with Crippen LogP contribution < -0.4 is 5.32 Å². The molecule has 0 bridgehead atoms. The van der Waals surface area contributed by atoms with E-state index in [0.717, 1.165) is 0 Å². The van der Waals surface area contributed by atoms with E-state index < -0.39 is 6.67 Å². The average Bonchev–Trinajstić information content (AvgIpc) is 1.65. The maximum absolute atomic E-state index is 11.5. The van der Waals surface area contributed by atoms with Crippen molar-refractivity contribution < 1.29 is 9.18 Å². The van der Waals surface area contributed by atoms with Crippen LogP contribution in [0.2, 0.25) is 0 Å². The lowest BCUT2D eigenvalue weighted by Gasteiger charge is -2.04. The third kappa shape index (κ3) is 3.59. The van der Waals surface area contributed by atoms with Crippen LogP contribution in [0.1, 0.15) is 13.8 Å². The molecule has 0 aromatic carbocycles. The molecule has 1 atom stereocenters. The summed E-state index contributed by atoms with van der Waals surface area (Å²) in [6.07, 6.45) is 0. The molecule has 0 aromatic heterocycles. The molecule has 48 valence electrons. The standard InChI is InChI=1S/C5H10FNO/c1-4(3-6)7-5(2)8/h4H,3H2,1-2H3,(H,7,8)/t4-/m0/s1. The maximum Gasteiger partial charge on any atom is 0.217 e. The summed E-state index contributed by atoms with van der Waals surface area (Å²) in [5, 5.41) is 2.38. The van der Waals surface area contributed by atoms with Gasteiger partial charge in [-0.1, -0.05) is 0 Å². The molecule has 8 heavy (non-hydrogen) atoms. The zero-order valence-corrected chi connectivity index (χ0v) is 5.07. The number of rotatable bonds is 2. The SMILES string of the molecule is CC(=O)N[C@@H](C)CF. The summed E-state index contributed by atoms with van der Waals surface area (Å²) in [6.45, 7) is 2.48. The zero-order chi connectivity index (χ0) is 6.57. The Morgan fingerprint density at radius 1 is 1.88 bits per heavy atom. The third-order valence-electron chi connectivity index (χ3n) is 0.681. The number of hydrogen-bond donors (Lipinski definition) is 1. The molecule has 0 unspecified atom stereocenters. The Kier molecular flexibility index (Phi) is 3.15. The van der Waals surface area contributed by atoms with Crippen molar-refractivity contribution in [3.8, 4) is 0 Å². The quantitative estimate of drug-likeness (QED) is 0.562. The fraction of sp³-hybridized carbons (Fsp3) is 0.800. The first-order valence-corrected chi connectivity index (χ1v) is 2.50. The molecule has 0 rings (SSSR count). The lowest BCUT2D eigenvalue weighted by atomic mass is 10.4. The lowest BCUT2D eigenvalue weighted by Crippen LogP contribution is -2.31. The summed E-state index contributed by atoms with van der Waals surface area (Å²) in [4.78, 5) is 10.1. The first-order chi connectivity index (χ1) is 3.66. The van der Waals surface area contributed by atoms with Crippen LogP contribution in [0.3, 0.4) is 0 Å². The van der Waals surface area contributed by atoms with Gasteiger partial charge in [-0.05, 0) is 6.92 Å². The van der Waals surface area contributed by atoms with Crippen LogP contribution in [0.4, 0.5) is 4.39 Å². The van der Waals surface area contributed by atoms with Gasteiger partial charge in [-0.2, -0.15) is 0 Å². The van der Waals surface area contributed by atoms with Crippen LogP contribution in [0, 0.1) is 0 Å². The van der Waals surface area contributed by atoms with E-state index in [1.165, 1.54) is 6.92 Å². The Bertz CT molecular complexity index is 84.5. The predicted molar refractivity (Wildman–Crippen MR) is 29.3 cm³/mol. The van der Waals surface area contributed by atoms with E-state index in [0.29, 0.717) is 0 Å². The van der Waals surface area contributed by atoms with Crippen LogP contribution in [-0.4, -0.2) is 18.6 Å². The zero-order valence-electron chi connectivity index (χ0n) is 5.07. The number of halogens is 1.